The van der Waals surface area contributed by atoms with Gasteiger partial charge >= 0.3 is 6.03 Å². The third-order valence-electron chi connectivity index (χ3n) is 5.75. The number of para-hydroxylation sites is 2. The lowest BCUT2D eigenvalue weighted by atomic mass is 10.1. The van der Waals surface area contributed by atoms with Crippen LogP contribution in [0.5, 0.6) is 5.75 Å². The maximum absolute atomic E-state index is 13.1. The minimum Gasteiger partial charge on any atom is -0.494 e. The molecular weight excluding hydrogens is 446 g/mol. The van der Waals surface area contributed by atoms with Crippen LogP contribution in [0.2, 0.25) is 0 Å². The second-order valence-electron chi connectivity index (χ2n) is 8.10. The number of aromatic nitrogens is 1. The number of ether oxygens (including phenoxy) is 1. The first kappa shape index (κ1) is 22.2. The number of carbonyl (C=O) groups excluding carboxylic acids is 3. The highest BCUT2D eigenvalue weighted by molar-refractivity contribution is 6.31. The topological polar surface area (TPSA) is 93.8 Å². The van der Waals surface area contributed by atoms with E-state index in [9.17, 15) is 14.4 Å². The van der Waals surface area contributed by atoms with Crippen molar-refractivity contribution in [3.05, 3.63) is 96.1 Å². The lowest BCUT2D eigenvalue weighted by Gasteiger charge is -2.25. The average Bonchev–Trinajstić information content (AvgIpc) is 3.51. The fraction of sp³-hybridized carbons (Fsp3) is 0.148. The maximum atomic E-state index is 13.1. The van der Waals surface area contributed by atoms with Gasteiger partial charge in [-0.2, -0.15) is 0 Å². The molecule has 0 bridgehead atoms. The Hall–Kier alpha value is -4.59. The SMILES string of the molecule is O=C1NC(=O)N(Cc2ccco2)C(=O)/C1=C/c1cn(CCCOc2ccccc2)c2ccccc12. The van der Waals surface area contributed by atoms with E-state index in [0.29, 0.717) is 18.9 Å². The number of furan rings is 1. The number of barbiturate groups is 1. The van der Waals surface area contributed by atoms with Crippen LogP contribution in [0.15, 0.2) is 89.2 Å². The van der Waals surface area contributed by atoms with Crippen molar-refractivity contribution in [3.63, 3.8) is 0 Å². The Bertz CT molecular complexity index is 1400. The van der Waals surface area contributed by atoms with Gasteiger partial charge in [-0.3, -0.25) is 19.8 Å². The van der Waals surface area contributed by atoms with Gasteiger partial charge in [0.05, 0.1) is 19.4 Å². The number of aryl methyl sites for hydroxylation is 1. The van der Waals surface area contributed by atoms with Crippen molar-refractivity contribution >= 4 is 34.8 Å². The molecule has 0 atom stereocenters. The number of carbonyl (C=O) groups is 3. The zero-order valence-electron chi connectivity index (χ0n) is 18.8. The van der Waals surface area contributed by atoms with Crippen molar-refractivity contribution in [2.45, 2.75) is 19.5 Å². The number of imide groups is 2. The highest BCUT2D eigenvalue weighted by Gasteiger charge is 2.36. The molecule has 4 aromatic rings. The number of amides is 4. The van der Waals surface area contributed by atoms with Gasteiger partial charge in [-0.1, -0.05) is 36.4 Å². The second kappa shape index (κ2) is 9.72. The largest absolute Gasteiger partial charge is 0.494 e. The average molecular weight is 469 g/mol. The third-order valence-corrected chi connectivity index (χ3v) is 5.75. The number of nitrogens with zero attached hydrogens (tertiary/aromatic N) is 2. The monoisotopic (exact) mass is 469 g/mol. The molecule has 0 aliphatic carbocycles. The van der Waals surface area contributed by atoms with Crippen LogP contribution in [-0.2, 0) is 22.7 Å². The number of rotatable bonds is 8. The molecule has 35 heavy (non-hydrogen) atoms. The minimum atomic E-state index is -0.769. The quantitative estimate of drug-likeness (QED) is 0.235. The summed E-state index contributed by atoms with van der Waals surface area (Å²) >= 11 is 0. The summed E-state index contributed by atoms with van der Waals surface area (Å²) in [6.45, 7) is 1.18. The van der Waals surface area contributed by atoms with E-state index in [1.165, 1.54) is 6.26 Å². The number of fused-ring (bicyclic) bond motifs is 1. The van der Waals surface area contributed by atoms with Crippen LogP contribution in [0.4, 0.5) is 4.79 Å². The molecule has 0 radical (unpaired) electrons. The van der Waals surface area contributed by atoms with Gasteiger partial charge < -0.3 is 13.7 Å². The number of nitrogens with one attached hydrogen (secondary N) is 1. The summed E-state index contributed by atoms with van der Waals surface area (Å²) < 4.78 is 13.1. The van der Waals surface area contributed by atoms with E-state index >= 15 is 0 Å². The van der Waals surface area contributed by atoms with Gasteiger partial charge in [0, 0.05) is 29.2 Å². The molecule has 4 amide bonds. The molecule has 3 heterocycles. The van der Waals surface area contributed by atoms with Crippen LogP contribution in [-0.4, -0.2) is 33.9 Å². The molecule has 1 fully saturated rings. The summed E-state index contributed by atoms with van der Waals surface area (Å²) in [5.74, 6) is -0.116. The van der Waals surface area contributed by atoms with Crippen molar-refractivity contribution < 1.29 is 23.5 Å². The van der Waals surface area contributed by atoms with E-state index in [1.807, 2.05) is 60.8 Å². The van der Waals surface area contributed by atoms with Crippen LogP contribution in [0.1, 0.15) is 17.7 Å². The summed E-state index contributed by atoms with van der Waals surface area (Å²) in [6, 6.07) is 20.0. The summed E-state index contributed by atoms with van der Waals surface area (Å²) in [5, 5.41) is 3.15. The molecule has 8 heteroatoms. The van der Waals surface area contributed by atoms with E-state index in [2.05, 4.69) is 9.88 Å². The lowest BCUT2D eigenvalue weighted by molar-refractivity contribution is -0.130. The summed E-state index contributed by atoms with van der Waals surface area (Å²) in [4.78, 5) is 38.9. The van der Waals surface area contributed by atoms with Gasteiger partial charge in [-0.15, -0.1) is 0 Å². The molecule has 1 N–H and O–H groups in total. The normalized spacial score (nSPS) is 15.1. The van der Waals surface area contributed by atoms with Crippen molar-refractivity contribution in [2.24, 2.45) is 0 Å². The molecule has 1 aliphatic heterocycles. The van der Waals surface area contributed by atoms with E-state index in [-0.39, 0.29) is 12.1 Å². The Morgan fingerprint density at radius 1 is 0.943 bits per heavy atom. The Morgan fingerprint density at radius 3 is 2.54 bits per heavy atom. The molecule has 8 nitrogen and oxygen atoms in total. The van der Waals surface area contributed by atoms with E-state index in [1.54, 1.807) is 18.2 Å². The minimum absolute atomic E-state index is 0.0640. The zero-order valence-corrected chi connectivity index (χ0v) is 18.8. The summed E-state index contributed by atoms with van der Waals surface area (Å²) in [7, 11) is 0. The third kappa shape index (κ3) is 4.72. The van der Waals surface area contributed by atoms with Gasteiger partial charge in [0.2, 0.25) is 0 Å². The molecule has 0 saturated carbocycles. The fourth-order valence-corrected chi connectivity index (χ4v) is 4.07. The maximum Gasteiger partial charge on any atom is 0.331 e. The Morgan fingerprint density at radius 2 is 1.74 bits per heavy atom. The van der Waals surface area contributed by atoms with Gasteiger partial charge in [-0.25, -0.2) is 4.79 Å². The molecular formula is C27H23N3O5. The zero-order chi connectivity index (χ0) is 24.2. The predicted octanol–water partition coefficient (Wildman–Crippen LogP) is 4.37. The number of urea groups is 1. The Labute approximate surface area is 201 Å². The van der Waals surface area contributed by atoms with E-state index in [4.69, 9.17) is 9.15 Å². The van der Waals surface area contributed by atoms with Crippen LogP contribution < -0.4 is 10.1 Å². The molecule has 5 rings (SSSR count). The first-order valence-electron chi connectivity index (χ1n) is 11.3. The number of hydrogen-bond donors (Lipinski definition) is 1. The highest BCUT2D eigenvalue weighted by atomic mass is 16.5. The van der Waals surface area contributed by atoms with Crippen LogP contribution in [0.25, 0.3) is 17.0 Å². The van der Waals surface area contributed by atoms with Gasteiger partial charge in [0.1, 0.15) is 17.1 Å². The van der Waals surface area contributed by atoms with Crippen molar-refractivity contribution in [1.82, 2.24) is 14.8 Å². The lowest BCUT2D eigenvalue weighted by Crippen LogP contribution is -2.53. The number of benzene rings is 2. The molecule has 2 aromatic heterocycles. The standard InChI is InChI=1S/C27H23N3O5/c31-25-23(26(32)30(27(33)28-25)18-21-10-6-14-35-21)16-19-17-29(24-12-5-4-11-22(19)24)13-7-15-34-20-8-2-1-3-9-20/h1-6,8-12,14,16-17H,7,13,15,18H2,(H,28,31,33)/b23-16+. The van der Waals surface area contributed by atoms with Crippen molar-refractivity contribution in [3.8, 4) is 5.75 Å². The van der Waals surface area contributed by atoms with Gasteiger partial charge in [-0.05, 0) is 42.8 Å². The van der Waals surface area contributed by atoms with E-state index < -0.39 is 17.8 Å². The molecule has 2 aromatic carbocycles. The van der Waals surface area contributed by atoms with Gasteiger partial charge in [0.25, 0.3) is 11.8 Å². The predicted molar refractivity (Wildman–Crippen MR) is 129 cm³/mol. The van der Waals surface area contributed by atoms with Crippen LogP contribution >= 0.6 is 0 Å². The molecule has 1 saturated heterocycles. The second-order valence-corrected chi connectivity index (χ2v) is 8.10. The summed E-state index contributed by atoms with van der Waals surface area (Å²) in [6.07, 6.45) is 5.68. The molecule has 176 valence electrons. The highest BCUT2D eigenvalue weighted by Crippen LogP contribution is 2.26. The summed E-state index contributed by atoms with van der Waals surface area (Å²) in [5.41, 5.74) is 1.59. The number of hydrogen-bond acceptors (Lipinski definition) is 5. The molecule has 0 unspecified atom stereocenters. The Balaban J connectivity index is 1.37. The first-order valence-corrected chi connectivity index (χ1v) is 11.3. The van der Waals surface area contributed by atoms with Gasteiger partial charge in [0.15, 0.2) is 0 Å². The smallest absolute Gasteiger partial charge is 0.331 e. The fourth-order valence-electron chi connectivity index (χ4n) is 4.07. The first-order chi connectivity index (χ1) is 17.1. The molecule has 1 aliphatic rings. The van der Waals surface area contributed by atoms with Crippen molar-refractivity contribution in [2.75, 3.05) is 6.61 Å². The van der Waals surface area contributed by atoms with Crippen molar-refractivity contribution in [1.29, 1.82) is 0 Å². The van der Waals surface area contributed by atoms with Crippen LogP contribution in [0.3, 0.4) is 0 Å². The van der Waals surface area contributed by atoms with Crippen LogP contribution in [0, 0.1) is 0 Å². The molecule has 0 spiro atoms. The Kier molecular flexibility index (Phi) is 6.17. The van der Waals surface area contributed by atoms with E-state index in [0.717, 1.165) is 33.5 Å².